The highest BCUT2D eigenvalue weighted by atomic mass is 19.1. The minimum Gasteiger partial charge on any atom is -0.352 e. The molecule has 0 spiro atoms. The molecule has 6 rings (SSSR count). The standard InChI is InChI=1S/C45H59F4N7O4/c1-9-24(3)42(58)53-35(10-2)44(60)55-22-29(49)16-31(55)23-56-38-14-12-27(47)18-37(38)52-41(56)40-33(32-13-11-26(46)17-36(32)51-40)19-30-15-28(48)21-54(30)43(59)34(45(5,6)7)20-39(57)25(4)50-8/h11-14,17-18,24-25,28-31,34-35,50-51H,9-10,15-16,19-23H2,1-8H3,(H,53,58). The molecule has 2 aliphatic rings. The molecule has 4 aromatic rings. The number of benzene rings is 2. The molecule has 8 unspecified atom stereocenters. The van der Waals surface area contributed by atoms with E-state index >= 15 is 8.78 Å². The average Bonchev–Trinajstić information content (AvgIpc) is 3.96. The van der Waals surface area contributed by atoms with Crippen molar-refractivity contribution in [2.45, 2.75) is 130 Å². The minimum absolute atomic E-state index is 0.00807. The number of aromatic nitrogens is 3. The van der Waals surface area contributed by atoms with Gasteiger partial charge in [0.2, 0.25) is 17.7 Å². The molecule has 15 heteroatoms. The molecule has 3 N–H and O–H groups in total. The van der Waals surface area contributed by atoms with Gasteiger partial charge in [0.05, 0.1) is 41.9 Å². The van der Waals surface area contributed by atoms with Gasteiger partial charge in [-0.05, 0) is 74.5 Å². The number of carbonyl (C=O) groups is 4. The second-order valence-corrected chi connectivity index (χ2v) is 17.9. The lowest BCUT2D eigenvalue weighted by Gasteiger charge is -2.35. The highest BCUT2D eigenvalue weighted by molar-refractivity contribution is 5.93. The number of hydrogen-bond donors (Lipinski definition) is 3. The zero-order valence-corrected chi connectivity index (χ0v) is 35.9. The third-order valence-electron chi connectivity index (χ3n) is 12.7. The zero-order chi connectivity index (χ0) is 43.8. The molecule has 2 aromatic carbocycles. The summed E-state index contributed by atoms with van der Waals surface area (Å²) < 4.78 is 62.4. The number of Topliss-reactive ketones (excluding diaryl/α,β-unsaturated/α-hetero) is 1. The van der Waals surface area contributed by atoms with Crippen molar-refractivity contribution >= 4 is 45.4 Å². The Morgan fingerprint density at radius 2 is 1.53 bits per heavy atom. The van der Waals surface area contributed by atoms with Crippen LogP contribution in [0.25, 0.3) is 33.5 Å². The van der Waals surface area contributed by atoms with Crippen LogP contribution in [-0.4, -0.2) is 104 Å². The summed E-state index contributed by atoms with van der Waals surface area (Å²) in [6.45, 7) is 12.6. The van der Waals surface area contributed by atoms with E-state index in [0.717, 1.165) is 0 Å². The first-order chi connectivity index (χ1) is 28.3. The third kappa shape index (κ3) is 9.25. The Bertz CT molecular complexity index is 2230. The Hall–Kier alpha value is -4.79. The first kappa shape index (κ1) is 44.8. The van der Waals surface area contributed by atoms with E-state index in [2.05, 4.69) is 15.6 Å². The Balaban J connectivity index is 1.41. The lowest BCUT2D eigenvalue weighted by atomic mass is 9.76. The van der Waals surface area contributed by atoms with Crippen LogP contribution in [0.3, 0.4) is 0 Å². The first-order valence-corrected chi connectivity index (χ1v) is 21.2. The molecule has 60 heavy (non-hydrogen) atoms. The number of likely N-dealkylation sites (N-methyl/N-ethyl adjacent to an activating group) is 1. The quantitative estimate of drug-likeness (QED) is 0.110. The number of carbonyl (C=O) groups excluding carboxylic acids is 4. The molecule has 0 radical (unpaired) electrons. The van der Waals surface area contributed by atoms with Crippen molar-refractivity contribution in [3.8, 4) is 11.5 Å². The van der Waals surface area contributed by atoms with Gasteiger partial charge in [0.1, 0.15) is 35.8 Å². The number of nitrogens with zero attached hydrogens (tertiary/aromatic N) is 4. The molecule has 2 aliphatic heterocycles. The number of aromatic amines is 1. The number of halogens is 4. The number of rotatable bonds is 15. The van der Waals surface area contributed by atoms with E-state index < -0.39 is 65.4 Å². The van der Waals surface area contributed by atoms with Gasteiger partial charge in [-0.3, -0.25) is 19.2 Å². The molecule has 4 heterocycles. The van der Waals surface area contributed by atoms with Crippen molar-refractivity contribution in [3.05, 3.63) is 53.6 Å². The molecule has 0 bridgehead atoms. The van der Waals surface area contributed by atoms with Gasteiger partial charge in [-0.2, -0.15) is 0 Å². The Morgan fingerprint density at radius 1 is 0.900 bits per heavy atom. The predicted molar refractivity (Wildman–Crippen MR) is 223 cm³/mol. The van der Waals surface area contributed by atoms with E-state index in [1.165, 1.54) is 34.1 Å². The van der Waals surface area contributed by atoms with E-state index in [0.29, 0.717) is 46.3 Å². The molecule has 11 nitrogen and oxygen atoms in total. The van der Waals surface area contributed by atoms with E-state index in [1.54, 1.807) is 44.5 Å². The summed E-state index contributed by atoms with van der Waals surface area (Å²) in [7, 11) is 1.68. The van der Waals surface area contributed by atoms with Gasteiger partial charge in [-0.1, -0.05) is 41.5 Å². The molecule has 0 saturated carbocycles. The van der Waals surface area contributed by atoms with Crippen molar-refractivity contribution in [1.82, 2.24) is 35.0 Å². The maximum atomic E-state index is 15.6. The van der Waals surface area contributed by atoms with Crippen LogP contribution in [0.4, 0.5) is 17.6 Å². The van der Waals surface area contributed by atoms with Crippen LogP contribution >= 0.6 is 0 Å². The second kappa shape index (κ2) is 18.1. The van der Waals surface area contributed by atoms with Gasteiger partial charge in [-0.25, -0.2) is 22.5 Å². The molecule has 0 aliphatic carbocycles. The van der Waals surface area contributed by atoms with Gasteiger partial charge in [0.15, 0.2) is 5.82 Å². The average molecular weight is 838 g/mol. The number of nitrogens with one attached hydrogen (secondary N) is 3. The van der Waals surface area contributed by atoms with E-state index in [4.69, 9.17) is 4.98 Å². The van der Waals surface area contributed by atoms with Gasteiger partial charge < -0.3 is 30.0 Å². The Labute approximate surface area is 349 Å². The maximum Gasteiger partial charge on any atom is 0.245 e. The number of H-pyrrole nitrogens is 1. The largest absolute Gasteiger partial charge is 0.352 e. The molecule has 8 atom stereocenters. The SMILES string of the molecule is CCC(C)C(=O)NC(CC)C(=O)N1CC(F)CC1Cn1c(-c2[nH]c3cc(F)ccc3c2CC2CC(F)CN2C(=O)C(CC(=O)C(C)NC)C(C)(C)C)nc2cc(F)ccc21. The van der Waals surface area contributed by atoms with Crippen LogP contribution in [0.5, 0.6) is 0 Å². The topological polar surface area (TPSA) is 132 Å². The number of imidazole rings is 1. The molecular formula is C45H59F4N7O4. The van der Waals surface area contributed by atoms with Crippen LogP contribution in [0.2, 0.25) is 0 Å². The highest BCUT2D eigenvalue weighted by Gasteiger charge is 2.44. The fourth-order valence-electron chi connectivity index (χ4n) is 8.72. The number of hydrogen-bond acceptors (Lipinski definition) is 6. The number of amides is 3. The summed E-state index contributed by atoms with van der Waals surface area (Å²) in [6, 6.07) is 5.74. The molecule has 3 amide bonds. The van der Waals surface area contributed by atoms with E-state index in [-0.39, 0.29) is 74.3 Å². The number of fused-ring (bicyclic) bond motifs is 2. The highest BCUT2D eigenvalue weighted by Crippen LogP contribution is 2.39. The Morgan fingerprint density at radius 3 is 2.17 bits per heavy atom. The van der Waals surface area contributed by atoms with E-state index in [9.17, 15) is 28.0 Å². The van der Waals surface area contributed by atoms with Crippen molar-refractivity contribution in [3.63, 3.8) is 0 Å². The summed E-state index contributed by atoms with van der Waals surface area (Å²) in [5.74, 6) is -2.88. The smallest absolute Gasteiger partial charge is 0.245 e. The summed E-state index contributed by atoms with van der Waals surface area (Å²) in [4.78, 5) is 65.7. The van der Waals surface area contributed by atoms with Crippen LogP contribution < -0.4 is 10.6 Å². The Kier molecular flexibility index (Phi) is 13.5. The maximum absolute atomic E-state index is 15.6. The molecular weight excluding hydrogens is 779 g/mol. The lowest BCUT2D eigenvalue weighted by Crippen LogP contribution is -2.51. The predicted octanol–water partition coefficient (Wildman–Crippen LogP) is 7.05. The van der Waals surface area contributed by atoms with Crippen LogP contribution in [0.15, 0.2) is 36.4 Å². The van der Waals surface area contributed by atoms with Gasteiger partial charge in [0, 0.05) is 60.7 Å². The van der Waals surface area contributed by atoms with Crippen LogP contribution in [0.1, 0.15) is 86.1 Å². The summed E-state index contributed by atoms with van der Waals surface area (Å²) in [6.07, 6.45) is -1.62. The number of alkyl halides is 2. The summed E-state index contributed by atoms with van der Waals surface area (Å²) in [5, 5.41) is 6.40. The van der Waals surface area contributed by atoms with Gasteiger partial charge >= 0.3 is 0 Å². The first-order valence-electron chi connectivity index (χ1n) is 21.2. The van der Waals surface area contributed by atoms with E-state index in [1.807, 2.05) is 27.7 Å². The molecule has 326 valence electrons. The lowest BCUT2D eigenvalue weighted by molar-refractivity contribution is -0.143. The number of ketones is 1. The van der Waals surface area contributed by atoms with Crippen molar-refractivity contribution in [2.24, 2.45) is 17.3 Å². The number of likely N-dealkylation sites (tertiary alicyclic amines) is 2. The fourth-order valence-corrected chi connectivity index (χ4v) is 8.72. The third-order valence-corrected chi connectivity index (χ3v) is 12.7. The zero-order valence-electron chi connectivity index (χ0n) is 35.9. The molecule has 2 saturated heterocycles. The van der Waals surface area contributed by atoms with Crippen LogP contribution in [0, 0.1) is 28.9 Å². The van der Waals surface area contributed by atoms with Gasteiger partial charge in [0.25, 0.3) is 0 Å². The fraction of sp³-hybridized carbons (Fsp3) is 0.578. The second-order valence-electron chi connectivity index (χ2n) is 17.9. The van der Waals surface area contributed by atoms with Crippen molar-refractivity contribution in [2.75, 3.05) is 20.1 Å². The molecule has 2 aromatic heterocycles. The monoisotopic (exact) mass is 837 g/mol. The van der Waals surface area contributed by atoms with Gasteiger partial charge in [-0.15, -0.1) is 0 Å². The normalized spacial score (nSPS) is 21.7. The molecule has 2 fully saturated rings. The summed E-state index contributed by atoms with van der Waals surface area (Å²) >= 11 is 0. The minimum atomic E-state index is -1.34. The van der Waals surface area contributed by atoms with Crippen LogP contribution in [-0.2, 0) is 32.1 Å². The van der Waals surface area contributed by atoms with Crippen molar-refractivity contribution < 1.29 is 36.7 Å². The summed E-state index contributed by atoms with van der Waals surface area (Å²) in [5.41, 5.74) is 1.63. The van der Waals surface area contributed by atoms with Crippen molar-refractivity contribution in [1.29, 1.82) is 0 Å².